The molecule has 1 heterocycles. The predicted molar refractivity (Wildman–Crippen MR) is 91.7 cm³/mol. The second-order valence-electron chi connectivity index (χ2n) is 5.80. The number of benzene rings is 2. The number of carbonyl (C=O) groups is 1. The summed E-state index contributed by atoms with van der Waals surface area (Å²) < 4.78 is 16.2. The molecule has 0 bridgehead atoms. The molecule has 3 rings (SSSR count). The standard InChI is InChI=1S/C20H22O4/c1-2-23-20(21)17-5-9-19(10-6-17)24-18-7-3-15(4-8-18)16-11-13-22-14-12-16/h3-10,16H,2,11-14H2,1H3. The van der Waals surface area contributed by atoms with Gasteiger partial charge in [-0.05, 0) is 67.6 Å². The SMILES string of the molecule is CCOC(=O)c1ccc(Oc2ccc(C3CCOCC3)cc2)cc1. The molecule has 0 aromatic heterocycles. The van der Waals surface area contributed by atoms with Crippen LogP contribution in [0.1, 0.15) is 41.6 Å². The zero-order valence-electron chi connectivity index (χ0n) is 13.9. The molecule has 1 aliphatic heterocycles. The van der Waals surface area contributed by atoms with Crippen molar-refractivity contribution >= 4 is 5.97 Å². The van der Waals surface area contributed by atoms with Crippen LogP contribution in [-0.2, 0) is 9.47 Å². The van der Waals surface area contributed by atoms with Crippen molar-refractivity contribution in [2.24, 2.45) is 0 Å². The Labute approximate surface area is 142 Å². The lowest BCUT2D eigenvalue weighted by Crippen LogP contribution is -2.13. The summed E-state index contributed by atoms with van der Waals surface area (Å²) in [7, 11) is 0. The molecule has 0 N–H and O–H groups in total. The summed E-state index contributed by atoms with van der Waals surface area (Å²) in [6.07, 6.45) is 2.16. The van der Waals surface area contributed by atoms with E-state index >= 15 is 0 Å². The van der Waals surface area contributed by atoms with Crippen molar-refractivity contribution in [3.05, 3.63) is 59.7 Å². The first kappa shape index (κ1) is 16.5. The summed E-state index contributed by atoms with van der Waals surface area (Å²) in [6.45, 7) is 3.85. The van der Waals surface area contributed by atoms with Crippen molar-refractivity contribution in [1.29, 1.82) is 0 Å². The van der Waals surface area contributed by atoms with Crippen molar-refractivity contribution in [3.8, 4) is 11.5 Å². The van der Waals surface area contributed by atoms with Crippen LogP contribution in [0.2, 0.25) is 0 Å². The van der Waals surface area contributed by atoms with Gasteiger partial charge in [-0.25, -0.2) is 4.79 Å². The van der Waals surface area contributed by atoms with Gasteiger partial charge in [0.2, 0.25) is 0 Å². The maximum Gasteiger partial charge on any atom is 0.338 e. The molecular formula is C20H22O4. The molecule has 2 aromatic rings. The Kier molecular flexibility index (Phi) is 5.49. The molecule has 0 spiro atoms. The van der Waals surface area contributed by atoms with Crippen LogP contribution in [0.3, 0.4) is 0 Å². The number of hydrogen-bond acceptors (Lipinski definition) is 4. The fraction of sp³-hybridized carbons (Fsp3) is 0.350. The molecule has 4 nitrogen and oxygen atoms in total. The quantitative estimate of drug-likeness (QED) is 0.756. The number of esters is 1. The molecule has 2 aromatic carbocycles. The van der Waals surface area contributed by atoms with E-state index in [1.165, 1.54) is 5.56 Å². The molecule has 0 radical (unpaired) electrons. The minimum atomic E-state index is -0.315. The molecule has 0 amide bonds. The molecule has 0 aliphatic carbocycles. The third-order valence-electron chi connectivity index (χ3n) is 4.17. The smallest absolute Gasteiger partial charge is 0.338 e. The molecule has 4 heteroatoms. The van der Waals surface area contributed by atoms with Gasteiger partial charge in [0.1, 0.15) is 11.5 Å². The second-order valence-corrected chi connectivity index (χ2v) is 5.80. The van der Waals surface area contributed by atoms with Gasteiger partial charge in [0.15, 0.2) is 0 Å². The third kappa shape index (κ3) is 4.15. The molecule has 0 unspecified atom stereocenters. The Morgan fingerprint density at radius 1 is 1.00 bits per heavy atom. The average molecular weight is 326 g/mol. The van der Waals surface area contributed by atoms with Gasteiger partial charge in [-0.2, -0.15) is 0 Å². The Bertz CT molecular complexity index is 655. The Balaban J connectivity index is 1.62. The maximum absolute atomic E-state index is 11.6. The maximum atomic E-state index is 11.6. The molecule has 24 heavy (non-hydrogen) atoms. The van der Waals surface area contributed by atoms with E-state index in [0.29, 0.717) is 23.8 Å². The van der Waals surface area contributed by atoms with Crippen molar-refractivity contribution in [2.45, 2.75) is 25.7 Å². The Morgan fingerprint density at radius 2 is 1.58 bits per heavy atom. The second kappa shape index (κ2) is 7.97. The van der Waals surface area contributed by atoms with Crippen molar-refractivity contribution in [2.75, 3.05) is 19.8 Å². The summed E-state index contributed by atoms with van der Waals surface area (Å²) in [5.41, 5.74) is 1.86. The largest absolute Gasteiger partial charge is 0.462 e. The van der Waals surface area contributed by atoms with Crippen LogP contribution in [0.5, 0.6) is 11.5 Å². The number of hydrogen-bond donors (Lipinski definition) is 0. The van der Waals surface area contributed by atoms with E-state index in [4.69, 9.17) is 14.2 Å². The zero-order chi connectivity index (χ0) is 16.8. The molecule has 0 atom stereocenters. The first-order valence-corrected chi connectivity index (χ1v) is 8.39. The lowest BCUT2D eigenvalue weighted by atomic mass is 9.92. The Hall–Kier alpha value is -2.33. The lowest BCUT2D eigenvalue weighted by molar-refractivity contribution is 0.0526. The third-order valence-corrected chi connectivity index (χ3v) is 4.17. The summed E-state index contributed by atoms with van der Waals surface area (Å²) >= 11 is 0. The highest BCUT2D eigenvalue weighted by atomic mass is 16.5. The normalized spacial score (nSPS) is 15.0. The first-order chi connectivity index (χ1) is 11.8. The van der Waals surface area contributed by atoms with Crippen LogP contribution in [0.25, 0.3) is 0 Å². The van der Waals surface area contributed by atoms with Gasteiger partial charge in [-0.1, -0.05) is 12.1 Å². The molecular weight excluding hydrogens is 304 g/mol. The van der Waals surface area contributed by atoms with Gasteiger partial charge in [-0.3, -0.25) is 0 Å². The van der Waals surface area contributed by atoms with Crippen LogP contribution >= 0.6 is 0 Å². The van der Waals surface area contributed by atoms with Crippen LogP contribution < -0.4 is 4.74 Å². The average Bonchev–Trinajstić information content (AvgIpc) is 2.64. The molecule has 1 aliphatic rings. The van der Waals surface area contributed by atoms with E-state index in [-0.39, 0.29) is 5.97 Å². The summed E-state index contributed by atoms with van der Waals surface area (Å²) in [5.74, 6) is 1.75. The molecule has 1 saturated heterocycles. The highest BCUT2D eigenvalue weighted by molar-refractivity contribution is 5.89. The highest BCUT2D eigenvalue weighted by Gasteiger charge is 2.15. The van der Waals surface area contributed by atoms with E-state index in [0.717, 1.165) is 31.8 Å². The van der Waals surface area contributed by atoms with E-state index in [1.807, 2.05) is 12.1 Å². The Morgan fingerprint density at radius 3 is 2.17 bits per heavy atom. The van der Waals surface area contributed by atoms with Gasteiger partial charge >= 0.3 is 5.97 Å². The van der Waals surface area contributed by atoms with Gasteiger partial charge in [0.25, 0.3) is 0 Å². The molecule has 0 saturated carbocycles. The lowest BCUT2D eigenvalue weighted by Gasteiger charge is -2.22. The van der Waals surface area contributed by atoms with Crippen molar-refractivity contribution in [3.63, 3.8) is 0 Å². The van der Waals surface area contributed by atoms with Gasteiger partial charge in [0.05, 0.1) is 12.2 Å². The summed E-state index contributed by atoms with van der Waals surface area (Å²) in [4.78, 5) is 11.6. The van der Waals surface area contributed by atoms with E-state index < -0.39 is 0 Å². The van der Waals surface area contributed by atoms with Gasteiger partial charge in [0, 0.05) is 13.2 Å². The predicted octanol–water partition coefficient (Wildman–Crippen LogP) is 4.55. The number of ether oxygens (including phenoxy) is 3. The van der Waals surface area contributed by atoms with Gasteiger partial charge < -0.3 is 14.2 Å². The fourth-order valence-corrected chi connectivity index (χ4v) is 2.85. The van der Waals surface area contributed by atoms with Crippen LogP contribution in [-0.4, -0.2) is 25.8 Å². The minimum Gasteiger partial charge on any atom is -0.462 e. The highest BCUT2D eigenvalue weighted by Crippen LogP contribution is 2.29. The van der Waals surface area contributed by atoms with Crippen LogP contribution in [0.4, 0.5) is 0 Å². The van der Waals surface area contributed by atoms with Crippen molar-refractivity contribution < 1.29 is 19.0 Å². The summed E-state index contributed by atoms with van der Waals surface area (Å²) in [5, 5.41) is 0. The molecule has 126 valence electrons. The zero-order valence-corrected chi connectivity index (χ0v) is 13.9. The topological polar surface area (TPSA) is 44.8 Å². The first-order valence-electron chi connectivity index (χ1n) is 8.39. The van der Waals surface area contributed by atoms with E-state index in [2.05, 4.69) is 12.1 Å². The monoisotopic (exact) mass is 326 g/mol. The minimum absolute atomic E-state index is 0.315. The number of carbonyl (C=O) groups excluding carboxylic acids is 1. The summed E-state index contributed by atoms with van der Waals surface area (Å²) in [6, 6.07) is 15.2. The molecule has 1 fully saturated rings. The van der Waals surface area contributed by atoms with Crippen molar-refractivity contribution in [1.82, 2.24) is 0 Å². The van der Waals surface area contributed by atoms with E-state index in [1.54, 1.807) is 31.2 Å². The van der Waals surface area contributed by atoms with E-state index in [9.17, 15) is 4.79 Å². The number of rotatable bonds is 5. The van der Waals surface area contributed by atoms with Crippen LogP contribution in [0, 0.1) is 0 Å². The fourth-order valence-electron chi connectivity index (χ4n) is 2.85. The van der Waals surface area contributed by atoms with Crippen LogP contribution in [0.15, 0.2) is 48.5 Å². The van der Waals surface area contributed by atoms with Gasteiger partial charge in [-0.15, -0.1) is 0 Å².